The monoisotopic (exact) mass is 488 g/mol. The highest BCUT2D eigenvalue weighted by atomic mass is 19.1. The van der Waals surface area contributed by atoms with Gasteiger partial charge in [-0.1, -0.05) is 121 Å². The Kier molecular flexibility index (Phi) is 12.6. The number of benzene rings is 2. The van der Waals surface area contributed by atoms with Crippen LogP contribution in [0.25, 0.3) is 22.5 Å². The van der Waals surface area contributed by atoms with Crippen molar-refractivity contribution in [1.82, 2.24) is 9.97 Å². The summed E-state index contributed by atoms with van der Waals surface area (Å²) in [6.07, 6.45) is 22.9. The van der Waals surface area contributed by atoms with Crippen molar-refractivity contribution in [2.24, 2.45) is 0 Å². The van der Waals surface area contributed by atoms with Crippen molar-refractivity contribution in [3.63, 3.8) is 0 Å². The molecule has 0 saturated heterocycles. The molecule has 0 spiro atoms. The summed E-state index contributed by atoms with van der Waals surface area (Å²) in [5, 5.41) is 0. The van der Waals surface area contributed by atoms with Gasteiger partial charge in [-0.05, 0) is 48.4 Å². The molecule has 36 heavy (non-hydrogen) atoms. The van der Waals surface area contributed by atoms with E-state index < -0.39 is 0 Å². The van der Waals surface area contributed by atoms with E-state index in [2.05, 4.69) is 29.9 Å². The zero-order chi connectivity index (χ0) is 25.4. The minimum absolute atomic E-state index is 0.149. The Balaban J connectivity index is 1.43. The summed E-state index contributed by atoms with van der Waals surface area (Å²) < 4.78 is 14.7. The van der Waals surface area contributed by atoms with E-state index in [-0.39, 0.29) is 5.82 Å². The van der Waals surface area contributed by atoms with Crippen molar-refractivity contribution in [2.45, 2.75) is 110 Å². The maximum atomic E-state index is 14.7. The summed E-state index contributed by atoms with van der Waals surface area (Å²) in [5.74, 6) is 0.574. The first kappa shape index (κ1) is 28.0. The summed E-state index contributed by atoms with van der Waals surface area (Å²) in [6.45, 7) is 4.46. The molecule has 3 aromatic rings. The second-order valence-corrected chi connectivity index (χ2v) is 10.2. The predicted molar refractivity (Wildman–Crippen MR) is 152 cm³/mol. The van der Waals surface area contributed by atoms with Crippen LogP contribution in [0.5, 0.6) is 0 Å². The Morgan fingerprint density at radius 3 is 1.67 bits per heavy atom. The lowest BCUT2D eigenvalue weighted by atomic mass is 9.99. The Morgan fingerprint density at radius 2 is 1.06 bits per heavy atom. The number of aryl methyl sites for hydroxylation is 2. The largest absolute Gasteiger partial charge is 0.236 e. The lowest BCUT2D eigenvalue weighted by Crippen LogP contribution is -1.94. The number of nitrogens with zero attached hydrogens (tertiary/aromatic N) is 2. The third kappa shape index (κ3) is 9.48. The molecule has 0 unspecified atom stereocenters. The van der Waals surface area contributed by atoms with Crippen LogP contribution in [-0.4, -0.2) is 9.97 Å². The predicted octanol–water partition coefficient (Wildman–Crippen LogP) is 10.1. The van der Waals surface area contributed by atoms with Crippen molar-refractivity contribution >= 4 is 0 Å². The fraction of sp³-hybridized carbons (Fsp3) is 0.515. The molecular formula is C33H45FN2. The first-order valence-corrected chi connectivity index (χ1v) is 14.4. The number of unbranched alkanes of at least 4 members (excludes halogenated alkanes) is 11. The van der Waals surface area contributed by atoms with E-state index in [1.165, 1.54) is 82.6 Å². The van der Waals surface area contributed by atoms with Gasteiger partial charge in [-0.2, -0.15) is 0 Å². The van der Waals surface area contributed by atoms with Crippen LogP contribution in [0.2, 0.25) is 0 Å². The summed E-state index contributed by atoms with van der Waals surface area (Å²) in [5.41, 5.74) is 4.77. The van der Waals surface area contributed by atoms with Gasteiger partial charge in [-0.25, -0.2) is 14.4 Å². The first-order chi connectivity index (χ1) is 17.7. The average molecular weight is 489 g/mol. The molecular weight excluding hydrogens is 443 g/mol. The molecule has 0 atom stereocenters. The number of halogens is 1. The molecule has 0 saturated carbocycles. The van der Waals surface area contributed by atoms with Crippen LogP contribution in [0.15, 0.2) is 54.9 Å². The molecule has 2 aromatic carbocycles. The zero-order valence-electron chi connectivity index (χ0n) is 22.6. The minimum Gasteiger partial charge on any atom is -0.236 e. The van der Waals surface area contributed by atoms with Gasteiger partial charge >= 0.3 is 0 Å². The fourth-order valence-corrected chi connectivity index (χ4v) is 4.78. The highest BCUT2D eigenvalue weighted by Crippen LogP contribution is 2.27. The van der Waals surface area contributed by atoms with Crippen molar-refractivity contribution in [2.75, 3.05) is 0 Å². The van der Waals surface area contributed by atoms with E-state index >= 15 is 0 Å². The Bertz CT molecular complexity index is 995. The first-order valence-electron chi connectivity index (χ1n) is 14.4. The van der Waals surface area contributed by atoms with Crippen molar-refractivity contribution in [3.05, 3.63) is 71.8 Å². The molecule has 2 nitrogen and oxygen atoms in total. The normalized spacial score (nSPS) is 11.2. The topological polar surface area (TPSA) is 25.8 Å². The molecule has 0 aliphatic heterocycles. The van der Waals surface area contributed by atoms with Gasteiger partial charge in [0.15, 0.2) is 5.82 Å². The molecule has 0 N–H and O–H groups in total. The summed E-state index contributed by atoms with van der Waals surface area (Å²) in [7, 11) is 0. The summed E-state index contributed by atoms with van der Waals surface area (Å²) in [6, 6.07) is 13.6. The van der Waals surface area contributed by atoms with Crippen LogP contribution in [0.3, 0.4) is 0 Å². The third-order valence-corrected chi connectivity index (χ3v) is 7.08. The van der Waals surface area contributed by atoms with Crippen LogP contribution in [0, 0.1) is 5.82 Å². The molecule has 1 heterocycles. The van der Waals surface area contributed by atoms with E-state index in [0.29, 0.717) is 5.56 Å². The minimum atomic E-state index is -0.149. The van der Waals surface area contributed by atoms with E-state index in [1.54, 1.807) is 6.07 Å². The van der Waals surface area contributed by atoms with Gasteiger partial charge < -0.3 is 0 Å². The third-order valence-electron chi connectivity index (χ3n) is 7.08. The number of aromatic nitrogens is 2. The quantitative estimate of drug-likeness (QED) is 0.177. The Hall–Kier alpha value is -2.55. The Morgan fingerprint density at radius 1 is 0.556 bits per heavy atom. The van der Waals surface area contributed by atoms with Gasteiger partial charge in [0.1, 0.15) is 5.82 Å². The van der Waals surface area contributed by atoms with Crippen LogP contribution in [-0.2, 0) is 12.8 Å². The van der Waals surface area contributed by atoms with E-state index in [1.807, 2.05) is 42.7 Å². The highest BCUT2D eigenvalue weighted by molar-refractivity contribution is 5.68. The molecule has 0 amide bonds. The van der Waals surface area contributed by atoms with Crippen LogP contribution >= 0.6 is 0 Å². The second-order valence-electron chi connectivity index (χ2n) is 10.2. The lowest BCUT2D eigenvalue weighted by Gasteiger charge is -2.08. The van der Waals surface area contributed by atoms with E-state index in [9.17, 15) is 4.39 Å². The van der Waals surface area contributed by atoms with Gasteiger partial charge in [0.2, 0.25) is 0 Å². The molecule has 0 aliphatic rings. The molecule has 3 heteroatoms. The second kappa shape index (κ2) is 16.2. The van der Waals surface area contributed by atoms with Crippen molar-refractivity contribution in [3.8, 4) is 22.5 Å². The van der Waals surface area contributed by atoms with Gasteiger partial charge in [-0.3, -0.25) is 0 Å². The summed E-state index contributed by atoms with van der Waals surface area (Å²) >= 11 is 0. The molecule has 0 aliphatic carbocycles. The highest BCUT2D eigenvalue weighted by Gasteiger charge is 2.08. The van der Waals surface area contributed by atoms with E-state index in [4.69, 9.17) is 0 Å². The van der Waals surface area contributed by atoms with Gasteiger partial charge in [0.05, 0.1) is 0 Å². The standard InChI is InChI=1S/C33H45FN2/c1-3-5-7-8-9-10-11-12-13-15-17-28-25-35-33(36-26-28)30-21-19-29(20-22-30)31-23-18-27(24-32(31)34)16-14-6-4-2/h18-26H,3-17H2,1-2H3. The molecule has 0 fully saturated rings. The average Bonchev–Trinajstić information content (AvgIpc) is 2.90. The molecule has 1 aromatic heterocycles. The zero-order valence-corrected chi connectivity index (χ0v) is 22.6. The van der Waals surface area contributed by atoms with Crippen molar-refractivity contribution < 1.29 is 4.39 Å². The Labute approximate surface area is 218 Å². The van der Waals surface area contributed by atoms with Crippen LogP contribution in [0.4, 0.5) is 4.39 Å². The molecule has 0 radical (unpaired) electrons. The lowest BCUT2D eigenvalue weighted by molar-refractivity contribution is 0.556. The number of hydrogen-bond donors (Lipinski definition) is 0. The molecule has 0 bridgehead atoms. The number of hydrogen-bond acceptors (Lipinski definition) is 2. The SMILES string of the molecule is CCCCCCCCCCCCc1cnc(-c2ccc(-c3ccc(CCCCC)cc3F)cc2)nc1. The van der Waals surface area contributed by atoms with Crippen molar-refractivity contribution in [1.29, 1.82) is 0 Å². The van der Waals surface area contributed by atoms with Gasteiger partial charge in [-0.15, -0.1) is 0 Å². The maximum absolute atomic E-state index is 14.7. The van der Waals surface area contributed by atoms with Crippen LogP contribution in [0.1, 0.15) is 108 Å². The van der Waals surface area contributed by atoms with Gasteiger partial charge in [0, 0.05) is 23.5 Å². The van der Waals surface area contributed by atoms with E-state index in [0.717, 1.165) is 41.8 Å². The maximum Gasteiger partial charge on any atom is 0.159 e. The fourth-order valence-electron chi connectivity index (χ4n) is 4.78. The van der Waals surface area contributed by atoms with Gasteiger partial charge in [0.25, 0.3) is 0 Å². The molecule has 194 valence electrons. The molecule has 3 rings (SSSR count). The summed E-state index contributed by atoms with van der Waals surface area (Å²) in [4.78, 5) is 9.19. The number of rotatable bonds is 17. The van der Waals surface area contributed by atoms with Crippen LogP contribution < -0.4 is 0 Å². The smallest absolute Gasteiger partial charge is 0.159 e.